The first-order valence-electron chi connectivity index (χ1n) is 7.39. The molecule has 1 N–H and O–H groups in total. The van der Waals surface area contributed by atoms with Crippen molar-refractivity contribution in [2.75, 3.05) is 24.2 Å². The Morgan fingerprint density at radius 3 is 2.86 bits per heavy atom. The highest BCUT2D eigenvalue weighted by Gasteiger charge is 2.31. The second-order valence-corrected chi connectivity index (χ2v) is 8.16. The number of anilines is 1. The van der Waals surface area contributed by atoms with E-state index in [1.165, 1.54) is 4.31 Å². The second-order valence-electron chi connectivity index (χ2n) is 5.50. The van der Waals surface area contributed by atoms with Gasteiger partial charge >= 0.3 is 0 Å². The summed E-state index contributed by atoms with van der Waals surface area (Å²) >= 11 is 6.05. The lowest BCUT2D eigenvalue weighted by atomic mass is 9.98. The Morgan fingerprint density at radius 2 is 2.18 bits per heavy atom. The molecule has 0 aliphatic carbocycles. The number of rotatable bonds is 4. The molecule has 1 atom stereocenters. The van der Waals surface area contributed by atoms with Gasteiger partial charge in [0.1, 0.15) is 0 Å². The molecule has 0 bridgehead atoms. The molecule has 1 saturated heterocycles. The number of benzene rings is 1. The highest BCUT2D eigenvalue weighted by atomic mass is 35.5. The van der Waals surface area contributed by atoms with Crippen molar-refractivity contribution in [3.8, 4) is 0 Å². The van der Waals surface area contributed by atoms with Crippen LogP contribution >= 0.6 is 11.6 Å². The SMILES string of the molecule is CCS(=O)(=O)N1CCCC(C(=O)Nc2cccc(Cl)c2C)C1. The van der Waals surface area contributed by atoms with Crippen LogP contribution in [0, 0.1) is 12.8 Å². The molecule has 7 heteroatoms. The third-order valence-electron chi connectivity index (χ3n) is 4.04. The normalized spacial score (nSPS) is 19.9. The van der Waals surface area contributed by atoms with Crippen LogP contribution < -0.4 is 5.32 Å². The number of nitrogens with zero attached hydrogens (tertiary/aromatic N) is 1. The highest BCUT2D eigenvalue weighted by Crippen LogP contribution is 2.25. The molecule has 1 aliphatic rings. The molecule has 1 heterocycles. The number of piperidine rings is 1. The molecule has 2 rings (SSSR count). The van der Waals surface area contributed by atoms with Gasteiger partial charge in [0.05, 0.1) is 11.7 Å². The summed E-state index contributed by atoms with van der Waals surface area (Å²) in [5.41, 5.74) is 1.49. The molecule has 1 aromatic carbocycles. The Morgan fingerprint density at radius 1 is 1.45 bits per heavy atom. The summed E-state index contributed by atoms with van der Waals surface area (Å²) in [7, 11) is -3.24. The largest absolute Gasteiger partial charge is 0.326 e. The fourth-order valence-corrected chi connectivity index (χ4v) is 3.92. The van der Waals surface area contributed by atoms with Gasteiger partial charge < -0.3 is 5.32 Å². The van der Waals surface area contributed by atoms with Gasteiger partial charge in [-0.1, -0.05) is 17.7 Å². The summed E-state index contributed by atoms with van der Waals surface area (Å²) in [6.45, 7) is 4.21. The molecule has 1 aliphatic heterocycles. The molecule has 1 aromatic rings. The van der Waals surface area contributed by atoms with Crippen LogP contribution in [-0.2, 0) is 14.8 Å². The van der Waals surface area contributed by atoms with Crippen molar-refractivity contribution in [3.63, 3.8) is 0 Å². The number of nitrogens with one attached hydrogen (secondary N) is 1. The maximum atomic E-state index is 12.4. The fraction of sp³-hybridized carbons (Fsp3) is 0.533. The Kier molecular flexibility index (Phi) is 5.47. The average molecular weight is 345 g/mol. The lowest BCUT2D eigenvalue weighted by molar-refractivity contribution is -0.120. The zero-order chi connectivity index (χ0) is 16.3. The minimum atomic E-state index is -3.24. The molecular weight excluding hydrogens is 324 g/mol. The van der Waals surface area contributed by atoms with Crippen molar-refractivity contribution in [2.45, 2.75) is 26.7 Å². The van der Waals surface area contributed by atoms with Crippen LogP contribution in [0.25, 0.3) is 0 Å². The van der Waals surface area contributed by atoms with E-state index in [2.05, 4.69) is 5.32 Å². The van der Waals surface area contributed by atoms with Crippen LogP contribution in [-0.4, -0.2) is 37.5 Å². The maximum Gasteiger partial charge on any atom is 0.228 e. The Balaban J connectivity index is 2.08. The summed E-state index contributed by atoms with van der Waals surface area (Å²) in [5.74, 6) is -0.413. The molecule has 5 nitrogen and oxygen atoms in total. The lowest BCUT2D eigenvalue weighted by Gasteiger charge is -2.31. The molecule has 0 spiro atoms. The highest BCUT2D eigenvalue weighted by molar-refractivity contribution is 7.89. The van der Waals surface area contributed by atoms with E-state index in [9.17, 15) is 13.2 Å². The molecule has 1 unspecified atom stereocenters. The van der Waals surface area contributed by atoms with Crippen molar-refractivity contribution in [2.24, 2.45) is 5.92 Å². The van der Waals surface area contributed by atoms with Crippen LogP contribution in [0.3, 0.4) is 0 Å². The Hall–Kier alpha value is -1.11. The van der Waals surface area contributed by atoms with Crippen LogP contribution in [0.1, 0.15) is 25.3 Å². The minimum absolute atomic E-state index is 0.0642. The van der Waals surface area contributed by atoms with Crippen molar-refractivity contribution >= 4 is 33.2 Å². The molecule has 0 saturated carbocycles. The fourth-order valence-electron chi connectivity index (χ4n) is 2.57. The average Bonchev–Trinajstić information content (AvgIpc) is 2.52. The van der Waals surface area contributed by atoms with Crippen molar-refractivity contribution in [1.29, 1.82) is 0 Å². The summed E-state index contributed by atoms with van der Waals surface area (Å²) in [6.07, 6.45) is 1.40. The Bertz CT molecular complexity index is 661. The zero-order valence-corrected chi connectivity index (χ0v) is 14.4. The van der Waals surface area contributed by atoms with Gasteiger partial charge in [0.2, 0.25) is 15.9 Å². The summed E-state index contributed by atoms with van der Waals surface area (Å²) in [4.78, 5) is 12.4. The van der Waals surface area contributed by atoms with Crippen LogP contribution in [0.4, 0.5) is 5.69 Å². The van der Waals surface area contributed by atoms with Gasteiger partial charge in [-0.25, -0.2) is 12.7 Å². The minimum Gasteiger partial charge on any atom is -0.326 e. The lowest BCUT2D eigenvalue weighted by Crippen LogP contribution is -2.44. The number of sulfonamides is 1. The van der Waals surface area contributed by atoms with Crippen molar-refractivity contribution < 1.29 is 13.2 Å². The van der Waals surface area contributed by atoms with Crippen molar-refractivity contribution in [1.82, 2.24) is 4.31 Å². The molecule has 22 heavy (non-hydrogen) atoms. The van der Waals surface area contributed by atoms with Gasteiger partial charge in [-0.05, 0) is 44.4 Å². The molecule has 122 valence electrons. The smallest absolute Gasteiger partial charge is 0.228 e. The van der Waals surface area contributed by atoms with E-state index in [0.717, 1.165) is 5.56 Å². The van der Waals surface area contributed by atoms with Crippen LogP contribution in [0.2, 0.25) is 5.02 Å². The number of amides is 1. The number of carbonyl (C=O) groups is 1. The number of carbonyl (C=O) groups excluding carboxylic acids is 1. The summed E-state index contributed by atoms with van der Waals surface area (Å²) in [6, 6.07) is 5.34. The topological polar surface area (TPSA) is 66.5 Å². The number of halogens is 1. The maximum absolute atomic E-state index is 12.4. The van der Waals surface area contributed by atoms with E-state index >= 15 is 0 Å². The van der Waals surface area contributed by atoms with Gasteiger partial charge in [-0.3, -0.25) is 4.79 Å². The number of hydrogen-bond acceptors (Lipinski definition) is 3. The Labute approximate surface area is 136 Å². The molecule has 1 amide bonds. The quantitative estimate of drug-likeness (QED) is 0.913. The standard InChI is InChI=1S/C15H21ClN2O3S/c1-3-22(20,21)18-9-5-6-12(10-18)15(19)17-14-8-4-7-13(16)11(14)2/h4,7-8,12H,3,5-6,9-10H2,1-2H3,(H,17,19). The molecule has 0 radical (unpaired) electrons. The van der Waals surface area contributed by atoms with E-state index in [1.807, 2.05) is 6.92 Å². The third kappa shape index (κ3) is 3.80. The van der Waals surface area contributed by atoms with E-state index in [4.69, 9.17) is 11.6 Å². The van der Waals surface area contributed by atoms with Gasteiger partial charge in [0, 0.05) is 23.8 Å². The second kappa shape index (κ2) is 6.98. The molecule has 1 fully saturated rings. The first-order valence-corrected chi connectivity index (χ1v) is 9.37. The van der Waals surface area contributed by atoms with E-state index in [1.54, 1.807) is 25.1 Å². The monoisotopic (exact) mass is 344 g/mol. The first kappa shape index (κ1) is 17.2. The van der Waals surface area contributed by atoms with E-state index in [0.29, 0.717) is 30.1 Å². The van der Waals surface area contributed by atoms with E-state index in [-0.39, 0.29) is 24.1 Å². The predicted molar refractivity (Wildman–Crippen MR) is 88.6 cm³/mol. The van der Waals surface area contributed by atoms with Gasteiger partial charge in [-0.2, -0.15) is 0 Å². The van der Waals surface area contributed by atoms with Crippen molar-refractivity contribution in [3.05, 3.63) is 28.8 Å². The first-order chi connectivity index (χ1) is 10.3. The number of hydrogen-bond donors (Lipinski definition) is 1. The third-order valence-corrected chi connectivity index (χ3v) is 6.30. The van der Waals surface area contributed by atoms with Crippen LogP contribution in [0.5, 0.6) is 0 Å². The summed E-state index contributed by atoms with van der Waals surface area (Å²) in [5, 5.41) is 3.46. The van der Waals surface area contributed by atoms with Gasteiger partial charge in [0.15, 0.2) is 0 Å². The van der Waals surface area contributed by atoms with Gasteiger partial charge in [-0.15, -0.1) is 0 Å². The van der Waals surface area contributed by atoms with E-state index < -0.39 is 10.0 Å². The summed E-state index contributed by atoms with van der Waals surface area (Å²) < 4.78 is 25.3. The zero-order valence-electron chi connectivity index (χ0n) is 12.8. The molecule has 0 aromatic heterocycles. The predicted octanol–water partition coefficient (Wildman–Crippen LogP) is 2.65. The van der Waals surface area contributed by atoms with Gasteiger partial charge in [0.25, 0.3) is 0 Å². The van der Waals surface area contributed by atoms with Crippen LogP contribution in [0.15, 0.2) is 18.2 Å². The molecular formula is C15H21ClN2O3S.